The summed E-state index contributed by atoms with van der Waals surface area (Å²) >= 11 is 6.71. The number of alkyl halides is 1. The number of halogens is 1. The van der Waals surface area contributed by atoms with Gasteiger partial charge in [0.15, 0.2) is 0 Å². The summed E-state index contributed by atoms with van der Waals surface area (Å²) in [5, 5.41) is -0.799. The van der Waals surface area contributed by atoms with Crippen molar-refractivity contribution in [2.75, 3.05) is 0 Å². The van der Waals surface area contributed by atoms with Crippen LogP contribution in [0.2, 0.25) is 0 Å². The summed E-state index contributed by atoms with van der Waals surface area (Å²) in [5.74, 6) is -0.183. The van der Waals surface area contributed by atoms with Crippen molar-refractivity contribution in [3.63, 3.8) is 0 Å². The van der Waals surface area contributed by atoms with Crippen LogP contribution in [0.4, 0.5) is 0 Å². The molecule has 0 saturated heterocycles. The van der Waals surface area contributed by atoms with Gasteiger partial charge in [-0.3, -0.25) is 0 Å². The average molecular weight is 401 g/mol. The van der Waals surface area contributed by atoms with Gasteiger partial charge in [0.1, 0.15) is 5.66 Å². The van der Waals surface area contributed by atoms with Crippen LogP contribution in [0.5, 0.6) is 0 Å². The maximum absolute atomic E-state index is 12.9. The van der Waals surface area contributed by atoms with Gasteiger partial charge in [0.25, 0.3) is 0 Å². The van der Waals surface area contributed by atoms with E-state index >= 15 is 0 Å². The minimum Gasteiger partial charge on any atom is -0.307 e. The van der Waals surface area contributed by atoms with E-state index in [1.807, 2.05) is 42.5 Å². The molecule has 0 saturated carbocycles. The van der Waals surface area contributed by atoms with Crippen LogP contribution >= 0.6 is 11.6 Å². The Labute approximate surface area is 165 Å². The fourth-order valence-corrected chi connectivity index (χ4v) is 4.79. The van der Waals surface area contributed by atoms with E-state index in [1.165, 1.54) is 0 Å². The third-order valence-electron chi connectivity index (χ3n) is 4.27. The van der Waals surface area contributed by atoms with E-state index in [0.717, 1.165) is 5.56 Å². The molecule has 0 aliphatic rings. The fourth-order valence-electron chi connectivity index (χ4n) is 2.94. The number of rotatable bonds is 7. The lowest BCUT2D eigenvalue weighted by molar-refractivity contribution is 0.391. The molecule has 3 N–H and O–H groups in total. The molecule has 0 aromatic heterocycles. The zero-order valence-corrected chi connectivity index (χ0v) is 16.2. The molecule has 0 fully saturated rings. The summed E-state index contributed by atoms with van der Waals surface area (Å²) in [6.07, 6.45) is 0. The summed E-state index contributed by atoms with van der Waals surface area (Å²) in [4.78, 5) is 0. The van der Waals surface area contributed by atoms with Crippen LogP contribution in [0.1, 0.15) is 22.1 Å². The Morgan fingerprint density at radius 3 is 1.89 bits per heavy atom. The molecular formula is C21H21ClN2O2S. The van der Waals surface area contributed by atoms with Gasteiger partial charge in [-0.15, -0.1) is 11.6 Å². The highest BCUT2D eigenvalue weighted by atomic mass is 35.5. The minimum atomic E-state index is -3.75. The highest BCUT2D eigenvalue weighted by Gasteiger charge is 2.40. The predicted molar refractivity (Wildman–Crippen MR) is 110 cm³/mol. The first kappa shape index (κ1) is 19.6. The van der Waals surface area contributed by atoms with Crippen molar-refractivity contribution in [2.24, 2.45) is 5.73 Å². The largest absolute Gasteiger partial charge is 0.307 e. The first-order chi connectivity index (χ1) is 12.9. The zero-order valence-electron chi connectivity index (χ0n) is 14.6. The summed E-state index contributed by atoms with van der Waals surface area (Å²) in [6, 6.07) is 27.1. The van der Waals surface area contributed by atoms with Gasteiger partial charge in [-0.2, -0.15) is 4.72 Å². The Hall–Kier alpha value is -2.18. The van der Waals surface area contributed by atoms with Crippen LogP contribution in [0.25, 0.3) is 0 Å². The number of sulfonamides is 1. The van der Waals surface area contributed by atoms with Crippen molar-refractivity contribution in [1.82, 2.24) is 4.72 Å². The lowest BCUT2D eigenvalue weighted by Crippen LogP contribution is -2.55. The van der Waals surface area contributed by atoms with E-state index in [0.29, 0.717) is 11.1 Å². The van der Waals surface area contributed by atoms with Crippen molar-refractivity contribution in [2.45, 2.75) is 16.8 Å². The topological polar surface area (TPSA) is 72.2 Å². The van der Waals surface area contributed by atoms with Crippen molar-refractivity contribution in [3.8, 4) is 0 Å². The van der Waals surface area contributed by atoms with Gasteiger partial charge < -0.3 is 5.73 Å². The second-order valence-electron chi connectivity index (χ2n) is 6.36. The normalized spacial score (nSPS) is 15.0. The predicted octanol–water partition coefficient (Wildman–Crippen LogP) is 3.90. The molecule has 3 aromatic carbocycles. The molecule has 0 heterocycles. The van der Waals surface area contributed by atoms with Crippen LogP contribution in [0.3, 0.4) is 0 Å². The number of hydrogen-bond acceptors (Lipinski definition) is 3. The van der Waals surface area contributed by atoms with Gasteiger partial charge in [-0.25, -0.2) is 8.42 Å². The zero-order chi connectivity index (χ0) is 19.3. The third-order valence-corrected chi connectivity index (χ3v) is 6.23. The van der Waals surface area contributed by atoms with Crippen molar-refractivity contribution < 1.29 is 8.42 Å². The van der Waals surface area contributed by atoms with Gasteiger partial charge in [0, 0.05) is 0 Å². The number of nitrogens with two attached hydrogens (primary N) is 1. The maximum atomic E-state index is 12.9. The Balaban J connectivity index is 1.98. The number of benzene rings is 3. The Kier molecular flexibility index (Phi) is 5.97. The first-order valence-electron chi connectivity index (χ1n) is 8.50. The Morgan fingerprint density at radius 1 is 0.852 bits per heavy atom. The van der Waals surface area contributed by atoms with E-state index in [9.17, 15) is 8.42 Å². The second-order valence-corrected chi connectivity index (χ2v) is 8.51. The maximum Gasteiger partial charge on any atom is 0.217 e. The van der Waals surface area contributed by atoms with E-state index in [-0.39, 0.29) is 5.75 Å². The quantitative estimate of drug-likeness (QED) is 0.466. The van der Waals surface area contributed by atoms with Gasteiger partial charge in [0.05, 0.1) is 11.1 Å². The summed E-state index contributed by atoms with van der Waals surface area (Å²) < 4.78 is 28.4. The van der Waals surface area contributed by atoms with E-state index in [4.69, 9.17) is 17.3 Å². The molecule has 3 aromatic rings. The number of hydrogen-bond donors (Lipinski definition) is 2. The minimum absolute atomic E-state index is 0.183. The monoisotopic (exact) mass is 400 g/mol. The SMILES string of the molecule is N[C@](NS(=O)(=O)Cc1ccccc1)(c1ccccc1)[C@@H](Cl)c1ccccc1. The molecular weight excluding hydrogens is 380 g/mol. The van der Waals surface area contributed by atoms with Gasteiger partial charge in [-0.1, -0.05) is 91.0 Å². The molecule has 0 aliphatic heterocycles. The Morgan fingerprint density at radius 2 is 1.33 bits per heavy atom. The smallest absolute Gasteiger partial charge is 0.217 e. The highest BCUT2D eigenvalue weighted by Crippen LogP contribution is 2.37. The standard InChI is InChI=1S/C21H21ClN2O2S/c22-20(18-12-6-2-7-13-18)21(23,19-14-8-3-9-15-19)24-27(25,26)16-17-10-4-1-5-11-17/h1-15,20,24H,16,23H2/t20-,21-/m0/s1. The lowest BCUT2D eigenvalue weighted by atomic mass is 9.93. The van der Waals surface area contributed by atoms with Gasteiger partial charge >= 0.3 is 0 Å². The molecule has 4 nitrogen and oxygen atoms in total. The van der Waals surface area contributed by atoms with Crippen LogP contribution in [0.15, 0.2) is 91.0 Å². The molecule has 0 spiro atoms. The van der Waals surface area contributed by atoms with Crippen LogP contribution in [-0.4, -0.2) is 8.42 Å². The van der Waals surface area contributed by atoms with Crippen LogP contribution in [-0.2, 0) is 21.4 Å². The van der Waals surface area contributed by atoms with E-state index in [2.05, 4.69) is 4.72 Å². The summed E-state index contributed by atoms with van der Waals surface area (Å²) in [6.45, 7) is 0. The molecule has 0 bridgehead atoms. The molecule has 0 aliphatic carbocycles. The first-order valence-corrected chi connectivity index (χ1v) is 10.6. The molecule has 0 amide bonds. The molecule has 0 unspecified atom stereocenters. The lowest BCUT2D eigenvalue weighted by Gasteiger charge is -2.35. The molecule has 3 rings (SSSR count). The van der Waals surface area contributed by atoms with Crippen molar-refractivity contribution >= 4 is 21.6 Å². The Bertz CT molecular complexity index is 967. The second kappa shape index (κ2) is 8.23. The molecule has 6 heteroatoms. The molecule has 140 valence electrons. The summed E-state index contributed by atoms with van der Waals surface area (Å²) in [5.41, 5.74) is 7.10. The van der Waals surface area contributed by atoms with E-state index < -0.39 is 21.1 Å². The van der Waals surface area contributed by atoms with Gasteiger partial charge in [0.2, 0.25) is 10.0 Å². The van der Waals surface area contributed by atoms with Gasteiger partial charge in [-0.05, 0) is 16.7 Å². The fraction of sp³-hybridized carbons (Fsp3) is 0.143. The van der Waals surface area contributed by atoms with Crippen molar-refractivity contribution in [3.05, 3.63) is 108 Å². The van der Waals surface area contributed by atoms with Crippen molar-refractivity contribution in [1.29, 1.82) is 0 Å². The van der Waals surface area contributed by atoms with E-state index in [1.54, 1.807) is 48.5 Å². The molecule has 2 atom stereocenters. The highest BCUT2D eigenvalue weighted by molar-refractivity contribution is 7.88. The van der Waals surface area contributed by atoms with Crippen LogP contribution in [0, 0.1) is 0 Å². The number of nitrogens with one attached hydrogen (secondary N) is 1. The third kappa shape index (κ3) is 4.76. The molecule has 0 radical (unpaired) electrons. The summed E-state index contributed by atoms with van der Waals surface area (Å²) in [7, 11) is -3.75. The van der Waals surface area contributed by atoms with Crippen LogP contribution < -0.4 is 10.5 Å². The average Bonchev–Trinajstić information content (AvgIpc) is 2.68. The molecule has 27 heavy (non-hydrogen) atoms.